The molecule has 0 N–H and O–H groups in total. The second kappa shape index (κ2) is 8.65. The van der Waals surface area contributed by atoms with E-state index in [-0.39, 0.29) is 17.8 Å². The van der Waals surface area contributed by atoms with Crippen LogP contribution >= 0.6 is 0 Å². The minimum Gasteiger partial charge on any atom is -0.449 e. The Morgan fingerprint density at radius 3 is 2.18 bits per heavy atom. The summed E-state index contributed by atoms with van der Waals surface area (Å²) in [7, 11) is 0. The summed E-state index contributed by atoms with van der Waals surface area (Å²) < 4.78 is 7.00. The van der Waals surface area contributed by atoms with Gasteiger partial charge in [0.2, 0.25) is 12.3 Å². The number of rotatable bonds is 5. The first-order valence-corrected chi connectivity index (χ1v) is 9.40. The number of ether oxygens (including phenoxy) is 1. The molecule has 0 atom stereocenters. The Kier molecular flexibility index (Phi) is 6.04. The summed E-state index contributed by atoms with van der Waals surface area (Å²) in [4.78, 5) is 26.0. The molecule has 0 aliphatic carbocycles. The van der Waals surface area contributed by atoms with Crippen LogP contribution in [0.4, 0.5) is 4.79 Å². The normalized spacial score (nSPS) is 14.3. The Morgan fingerprint density at radius 1 is 1.00 bits per heavy atom. The van der Waals surface area contributed by atoms with E-state index in [1.54, 1.807) is 11.8 Å². The summed E-state index contributed by atoms with van der Waals surface area (Å²) in [6, 6.07) is 13.3. The van der Waals surface area contributed by atoms with E-state index in [9.17, 15) is 9.59 Å². The van der Waals surface area contributed by atoms with Crippen molar-refractivity contribution in [3.05, 3.63) is 89.5 Å². The van der Waals surface area contributed by atoms with E-state index in [0.29, 0.717) is 18.7 Å². The van der Waals surface area contributed by atoms with E-state index in [0.717, 1.165) is 17.0 Å². The molecule has 1 aliphatic rings. The summed E-state index contributed by atoms with van der Waals surface area (Å²) >= 11 is 0. The van der Waals surface area contributed by atoms with Gasteiger partial charge in [-0.15, -0.1) is 0 Å². The number of ketones is 1. The Labute approximate surface area is 165 Å². The number of hydrogen-bond donors (Lipinski definition) is 0. The maximum absolute atomic E-state index is 12.4. The molecule has 0 bridgehead atoms. The van der Waals surface area contributed by atoms with Crippen molar-refractivity contribution in [3.8, 4) is 0 Å². The molecule has 0 saturated heterocycles. The average Bonchev–Trinajstić information content (AvgIpc) is 2.69. The van der Waals surface area contributed by atoms with E-state index >= 15 is 0 Å². The van der Waals surface area contributed by atoms with Crippen molar-refractivity contribution in [3.63, 3.8) is 0 Å². The first-order valence-electron chi connectivity index (χ1n) is 9.40. The van der Waals surface area contributed by atoms with Gasteiger partial charge in [0.05, 0.1) is 6.61 Å². The highest BCUT2D eigenvalue weighted by Gasteiger charge is 2.24. The van der Waals surface area contributed by atoms with E-state index in [1.807, 2.05) is 85.4 Å². The van der Waals surface area contributed by atoms with Crippen molar-refractivity contribution in [1.29, 1.82) is 0 Å². The number of nitrogens with zero attached hydrogens (tertiary/aromatic N) is 2. The maximum Gasteiger partial charge on any atom is 0.418 e. The lowest BCUT2D eigenvalue weighted by atomic mass is 9.95. The second-order valence-corrected chi connectivity index (χ2v) is 6.77. The number of aromatic nitrogens is 1. The Balaban J connectivity index is 1.72. The van der Waals surface area contributed by atoms with Crippen LogP contribution in [0.25, 0.3) is 0 Å². The maximum atomic E-state index is 12.4. The largest absolute Gasteiger partial charge is 0.449 e. The van der Waals surface area contributed by atoms with E-state index in [1.165, 1.54) is 0 Å². The van der Waals surface area contributed by atoms with Crippen molar-refractivity contribution in [2.45, 2.75) is 33.2 Å². The topological polar surface area (TPSA) is 50.5 Å². The predicted octanol–water partition coefficient (Wildman–Crippen LogP) is 4.22. The quantitative estimate of drug-likeness (QED) is 0.579. The second-order valence-electron chi connectivity index (χ2n) is 6.77. The monoisotopic (exact) mass is 377 g/mol. The molecule has 144 valence electrons. The molecule has 1 aromatic heterocycles. The summed E-state index contributed by atoms with van der Waals surface area (Å²) in [5.74, 6) is 0.151. The molecule has 1 amide bonds. The van der Waals surface area contributed by atoms with Crippen LogP contribution in [0, 0.1) is 0 Å². The van der Waals surface area contributed by atoms with Crippen molar-refractivity contribution in [2.75, 3.05) is 6.61 Å². The molecule has 0 fully saturated rings. The zero-order valence-corrected chi connectivity index (χ0v) is 16.5. The summed E-state index contributed by atoms with van der Waals surface area (Å²) in [6.45, 7) is 6.25. The third-order valence-electron chi connectivity index (χ3n) is 4.72. The molecule has 2 heterocycles. The van der Waals surface area contributed by atoms with Crippen molar-refractivity contribution in [2.24, 2.45) is 0 Å². The van der Waals surface area contributed by atoms with Gasteiger partial charge >= 0.3 is 6.09 Å². The molecule has 5 heteroatoms. The van der Waals surface area contributed by atoms with Crippen LogP contribution < -0.4 is 4.57 Å². The van der Waals surface area contributed by atoms with Gasteiger partial charge in [-0.25, -0.2) is 4.79 Å². The molecule has 3 rings (SSSR count). The molecule has 0 unspecified atom stereocenters. The standard InChI is InChI=1S/C23H25N2O3/c1-4-28-23(27)25-17(2)14-21(15-18(25)3)19-10-12-24(13-11-19)16-22(26)20-8-6-5-7-9-20/h5-15,21H,4,16H2,1-3H3/q+1. The number of carbonyl (C=O) groups excluding carboxylic acids is 2. The first-order chi connectivity index (χ1) is 13.5. The molecule has 0 radical (unpaired) electrons. The van der Waals surface area contributed by atoms with Gasteiger partial charge in [-0.1, -0.05) is 42.5 Å². The van der Waals surface area contributed by atoms with Crippen LogP contribution in [0.2, 0.25) is 0 Å². The minimum absolute atomic E-state index is 0.0742. The van der Waals surface area contributed by atoms with Crippen LogP contribution in [0.5, 0.6) is 0 Å². The molecule has 0 spiro atoms. The number of benzene rings is 1. The number of pyridine rings is 1. The number of allylic oxidation sites excluding steroid dienone is 4. The lowest BCUT2D eigenvalue weighted by Crippen LogP contribution is -2.37. The number of amides is 1. The van der Waals surface area contributed by atoms with Crippen LogP contribution in [-0.2, 0) is 11.3 Å². The van der Waals surface area contributed by atoms with E-state index in [2.05, 4.69) is 0 Å². The molecule has 1 aromatic carbocycles. The van der Waals surface area contributed by atoms with Crippen LogP contribution in [-0.4, -0.2) is 23.4 Å². The van der Waals surface area contributed by atoms with E-state index in [4.69, 9.17) is 4.74 Å². The lowest BCUT2D eigenvalue weighted by Gasteiger charge is -2.29. The average molecular weight is 377 g/mol. The van der Waals surface area contributed by atoms with Gasteiger partial charge in [0.1, 0.15) is 0 Å². The predicted molar refractivity (Wildman–Crippen MR) is 107 cm³/mol. The van der Waals surface area contributed by atoms with Crippen molar-refractivity contribution < 1.29 is 18.9 Å². The van der Waals surface area contributed by atoms with Gasteiger partial charge in [0, 0.05) is 35.0 Å². The number of Topliss-reactive ketones (excluding diaryl/α,β-unsaturated/α-hetero) is 1. The highest BCUT2D eigenvalue weighted by molar-refractivity contribution is 5.94. The van der Waals surface area contributed by atoms with Gasteiger partial charge in [-0.3, -0.25) is 9.69 Å². The lowest BCUT2D eigenvalue weighted by molar-refractivity contribution is -0.683. The molecular weight excluding hydrogens is 352 g/mol. The van der Waals surface area contributed by atoms with Crippen LogP contribution in [0.15, 0.2) is 78.4 Å². The smallest absolute Gasteiger partial charge is 0.418 e. The van der Waals surface area contributed by atoms with Gasteiger partial charge in [0.15, 0.2) is 12.4 Å². The summed E-state index contributed by atoms with van der Waals surface area (Å²) in [5.41, 5.74) is 3.51. The fraction of sp³-hybridized carbons (Fsp3) is 0.261. The molecular formula is C23H25N2O3+. The molecule has 0 saturated carbocycles. The van der Waals surface area contributed by atoms with Gasteiger partial charge in [-0.2, -0.15) is 4.57 Å². The SMILES string of the molecule is CCOC(=O)N1C(C)=CC(c2cc[n+](CC(=O)c3ccccc3)cc2)C=C1C. The zero-order valence-electron chi connectivity index (χ0n) is 16.5. The molecule has 1 aliphatic heterocycles. The molecule has 5 nitrogen and oxygen atoms in total. The Morgan fingerprint density at radius 2 is 1.61 bits per heavy atom. The number of carbonyl (C=O) groups is 2. The van der Waals surface area contributed by atoms with Crippen molar-refractivity contribution >= 4 is 11.9 Å². The summed E-state index contributed by atoms with van der Waals surface area (Å²) in [5, 5.41) is 0. The van der Waals surface area contributed by atoms with Crippen molar-refractivity contribution in [1.82, 2.24) is 4.90 Å². The Bertz CT molecular complexity index is 895. The fourth-order valence-electron chi connectivity index (χ4n) is 3.34. The van der Waals surface area contributed by atoms with Gasteiger partial charge < -0.3 is 4.74 Å². The molecule has 2 aromatic rings. The van der Waals surface area contributed by atoms with Crippen LogP contribution in [0.1, 0.15) is 42.6 Å². The highest BCUT2D eigenvalue weighted by atomic mass is 16.6. The van der Waals surface area contributed by atoms with Crippen LogP contribution in [0.3, 0.4) is 0 Å². The highest BCUT2D eigenvalue weighted by Crippen LogP contribution is 2.30. The number of hydrogen-bond acceptors (Lipinski definition) is 3. The minimum atomic E-state index is -0.353. The zero-order chi connectivity index (χ0) is 20.1. The van der Waals surface area contributed by atoms with Gasteiger partial charge in [0.25, 0.3) is 0 Å². The summed E-state index contributed by atoms with van der Waals surface area (Å²) in [6.07, 6.45) is 7.56. The van der Waals surface area contributed by atoms with Gasteiger partial charge in [-0.05, 0) is 26.3 Å². The first kappa shape index (κ1) is 19.5. The fourth-order valence-corrected chi connectivity index (χ4v) is 3.34. The van der Waals surface area contributed by atoms with E-state index < -0.39 is 0 Å². The third-order valence-corrected chi connectivity index (χ3v) is 4.72. The Hall–Kier alpha value is -3.21. The molecule has 28 heavy (non-hydrogen) atoms. The third kappa shape index (κ3) is 4.36.